The predicted molar refractivity (Wildman–Crippen MR) is 197 cm³/mol. The highest BCUT2D eigenvalue weighted by molar-refractivity contribution is 7.22. The number of benzene rings is 2. The molecule has 0 atom stereocenters. The molecule has 0 spiro atoms. The molecule has 0 aliphatic heterocycles. The summed E-state index contributed by atoms with van der Waals surface area (Å²) < 4.78 is 28.0. The molecule has 2 heterocycles. The number of anilines is 1. The third-order valence-corrected chi connectivity index (χ3v) is 9.49. The minimum atomic E-state index is -0.427. The van der Waals surface area contributed by atoms with Crippen molar-refractivity contribution < 1.29 is 42.9 Å². The van der Waals surface area contributed by atoms with E-state index in [1.54, 1.807) is 31.2 Å². The van der Waals surface area contributed by atoms with Crippen LogP contribution in [0.15, 0.2) is 60.2 Å². The van der Waals surface area contributed by atoms with Crippen LogP contribution in [0.4, 0.5) is 5.13 Å². The van der Waals surface area contributed by atoms with Gasteiger partial charge in [0.05, 0.1) is 41.7 Å². The average molecular weight is 744 g/mol. The number of hydrogen-bond acceptors (Lipinski definition) is 15. The van der Waals surface area contributed by atoms with Crippen LogP contribution in [0.3, 0.4) is 0 Å². The number of ether oxygens (including phenoxy) is 5. The monoisotopic (exact) mass is 743 g/mol. The maximum Gasteiger partial charge on any atom is 0.330 e. The predicted octanol–water partition coefficient (Wildman–Crippen LogP) is 6.67. The van der Waals surface area contributed by atoms with Gasteiger partial charge in [0.25, 0.3) is 6.47 Å². The van der Waals surface area contributed by atoms with E-state index < -0.39 is 17.9 Å². The minimum Gasteiger partial charge on any atom is -0.494 e. The summed E-state index contributed by atoms with van der Waals surface area (Å²) in [5, 5.41) is 4.76. The Morgan fingerprint density at radius 3 is 2.23 bits per heavy atom. The number of esters is 3. The second-order valence-electron chi connectivity index (χ2n) is 12.3. The molecule has 14 nitrogen and oxygen atoms in total. The Balaban J connectivity index is 1.06. The van der Waals surface area contributed by atoms with Crippen molar-refractivity contribution in [2.24, 2.45) is 16.9 Å². The van der Waals surface area contributed by atoms with Crippen molar-refractivity contribution in [2.75, 3.05) is 18.6 Å². The SMILES string of the molecule is C=CC(=O)OCCCCCCOc1ccc(OC(=O)[C@H]2CC[C@H](C(=O)Oc3ccc(OC=O)cc3/C=N/Nc3nc4nc(C)nc(C)c4s3)CC2)cc1. The number of fused-ring (bicyclic) bond motifs is 1. The molecule has 278 valence electrons. The molecule has 1 aliphatic rings. The van der Waals surface area contributed by atoms with Gasteiger partial charge in [0.15, 0.2) is 5.65 Å². The molecule has 0 radical (unpaired) electrons. The number of nitrogens with one attached hydrogen (secondary N) is 1. The van der Waals surface area contributed by atoms with E-state index in [1.165, 1.54) is 35.8 Å². The lowest BCUT2D eigenvalue weighted by Crippen LogP contribution is -2.30. The standard InChI is InChI=1S/C38H41N5O9S/c1-4-33(45)49-20-8-6-5-7-19-48-29-13-15-30(16-14-29)51-36(46)26-9-11-27(12-10-26)37(47)52-32-18-17-31(50-23-44)21-28(32)22-39-43-38-42-35-34(53-38)24(2)40-25(3)41-35/h4,13-18,21-23,26-27H,1,5-12,19-20H2,2-3H3,(H,40,41,42,43)/b39-22+/t26-,27-. The maximum atomic E-state index is 13.2. The van der Waals surface area contributed by atoms with Gasteiger partial charge in [0, 0.05) is 11.6 Å². The summed E-state index contributed by atoms with van der Waals surface area (Å²) in [6.45, 7) is 8.29. The number of nitrogens with zero attached hydrogens (tertiary/aromatic N) is 4. The van der Waals surface area contributed by atoms with Crippen LogP contribution in [0.1, 0.15) is 68.4 Å². The summed E-state index contributed by atoms with van der Waals surface area (Å²) in [6.07, 6.45) is 8.00. The summed E-state index contributed by atoms with van der Waals surface area (Å²) >= 11 is 1.36. The van der Waals surface area contributed by atoms with Crippen molar-refractivity contribution >= 4 is 57.4 Å². The fourth-order valence-corrected chi connectivity index (χ4v) is 6.49. The number of aryl methyl sites for hydroxylation is 2. The lowest BCUT2D eigenvalue weighted by molar-refractivity contribution is -0.145. The van der Waals surface area contributed by atoms with Gasteiger partial charge in [-0.2, -0.15) is 10.1 Å². The number of carbonyl (C=O) groups excluding carboxylic acids is 4. The number of unbranched alkanes of at least 4 members (excludes halogenated alkanes) is 3. The van der Waals surface area contributed by atoms with Crippen molar-refractivity contribution in [3.63, 3.8) is 0 Å². The Bertz CT molecular complexity index is 1940. The molecule has 1 aliphatic carbocycles. The zero-order valence-electron chi connectivity index (χ0n) is 29.6. The van der Waals surface area contributed by atoms with Crippen molar-refractivity contribution in [2.45, 2.75) is 65.2 Å². The lowest BCUT2D eigenvalue weighted by atomic mass is 9.82. The van der Waals surface area contributed by atoms with Gasteiger partial charge in [-0.25, -0.2) is 14.8 Å². The molecule has 1 N–H and O–H groups in total. The Kier molecular flexibility index (Phi) is 14.0. The van der Waals surface area contributed by atoms with E-state index >= 15 is 0 Å². The third kappa shape index (κ3) is 11.4. The number of rotatable bonds is 18. The molecular weight excluding hydrogens is 703 g/mol. The van der Waals surface area contributed by atoms with Crippen molar-refractivity contribution in [1.82, 2.24) is 15.0 Å². The van der Waals surface area contributed by atoms with Crippen LogP contribution in [-0.2, 0) is 23.9 Å². The zero-order valence-corrected chi connectivity index (χ0v) is 30.4. The molecule has 5 rings (SSSR count). The summed E-state index contributed by atoms with van der Waals surface area (Å²) in [4.78, 5) is 61.3. The highest BCUT2D eigenvalue weighted by Crippen LogP contribution is 2.33. The number of aromatic nitrogens is 3. The fraction of sp³-hybridized carbons (Fsp3) is 0.368. The van der Waals surface area contributed by atoms with E-state index in [1.807, 2.05) is 6.92 Å². The first kappa shape index (κ1) is 38.5. The van der Waals surface area contributed by atoms with Crippen LogP contribution in [0.2, 0.25) is 0 Å². The first-order valence-electron chi connectivity index (χ1n) is 17.3. The minimum absolute atomic E-state index is 0.234. The van der Waals surface area contributed by atoms with E-state index in [9.17, 15) is 19.2 Å². The summed E-state index contributed by atoms with van der Waals surface area (Å²) in [7, 11) is 0. The molecule has 0 saturated heterocycles. The second-order valence-corrected chi connectivity index (χ2v) is 13.3. The number of carbonyl (C=O) groups is 4. The van der Waals surface area contributed by atoms with Crippen LogP contribution in [0, 0.1) is 25.7 Å². The van der Waals surface area contributed by atoms with Crippen LogP contribution in [0.25, 0.3) is 10.3 Å². The number of hydrazone groups is 1. The van der Waals surface area contributed by atoms with Crippen molar-refractivity contribution in [3.8, 4) is 23.0 Å². The van der Waals surface area contributed by atoms with Crippen LogP contribution in [-0.4, -0.2) is 58.8 Å². The van der Waals surface area contributed by atoms with Crippen molar-refractivity contribution in [1.29, 1.82) is 0 Å². The Labute approximate surface area is 310 Å². The van der Waals surface area contributed by atoms with Gasteiger partial charge >= 0.3 is 17.9 Å². The van der Waals surface area contributed by atoms with Crippen LogP contribution >= 0.6 is 11.3 Å². The van der Waals surface area contributed by atoms with Gasteiger partial charge in [-0.05, 0) is 108 Å². The summed E-state index contributed by atoms with van der Waals surface area (Å²) in [5.74, 6) is 0.278. The molecule has 0 amide bonds. The Hall–Kier alpha value is -5.70. The van der Waals surface area contributed by atoms with E-state index in [2.05, 4.69) is 32.1 Å². The van der Waals surface area contributed by atoms with E-state index in [0.29, 0.717) is 79.0 Å². The van der Waals surface area contributed by atoms with Gasteiger partial charge in [-0.15, -0.1) is 0 Å². The molecule has 53 heavy (non-hydrogen) atoms. The lowest BCUT2D eigenvalue weighted by Gasteiger charge is -2.26. The summed E-state index contributed by atoms with van der Waals surface area (Å²) in [6, 6.07) is 11.5. The molecule has 2 aromatic heterocycles. The molecule has 1 saturated carbocycles. The third-order valence-electron chi connectivity index (χ3n) is 8.43. The highest BCUT2D eigenvalue weighted by atomic mass is 32.1. The average Bonchev–Trinajstić information content (AvgIpc) is 3.57. The number of thiazole rings is 1. The smallest absolute Gasteiger partial charge is 0.330 e. The molecule has 2 aromatic carbocycles. The summed E-state index contributed by atoms with van der Waals surface area (Å²) in [5.41, 5.74) is 4.66. The molecular formula is C38H41N5O9S. The molecule has 0 bridgehead atoms. The van der Waals surface area contributed by atoms with Gasteiger partial charge < -0.3 is 23.7 Å². The van der Waals surface area contributed by atoms with E-state index in [0.717, 1.165) is 42.2 Å². The van der Waals surface area contributed by atoms with Gasteiger partial charge in [0.2, 0.25) is 5.13 Å². The topological polar surface area (TPSA) is 177 Å². The first-order valence-corrected chi connectivity index (χ1v) is 18.1. The molecule has 15 heteroatoms. The zero-order chi connectivity index (χ0) is 37.6. The Morgan fingerprint density at radius 1 is 0.868 bits per heavy atom. The molecule has 0 unspecified atom stereocenters. The van der Waals surface area contributed by atoms with Crippen LogP contribution in [0.5, 0.6) is 23.0 Å². The molecule has 1 fully saturated rings. The van der Waals surface area contributed by atoms with Crippen molar-refractivity contribution in [3.05, 3.63) is 72.2 Å². The number of hydrogen-bond donors (Lipinski definition) is 1. The first-order chi connectivity index (χ1) is 25.7. The normalized spacial score (nSPS) is 15.4. The molecule has 4 aromatic rings. The van der Waals surface area contributed by atoms with Gasteiger partial charge in [-0.3, -0.25) is 19.8 Å². The van der Waals surface area contributed by atoms with Crippen LogP contribution < -0.4 is 24.4 Å². The quantitative estimate of drug-likeness (QED) is 0.0218. The van der Waals surface area contributed by atoms with E-state index in [-0.39, 0.29) is 23.4 Å². The highest BCUT2D eigenvalue weighted by Gasteiger charge is 2.32. The Morgan fingerprint density at radius 2 is 1.53 bits per heavy atom. The maximum absolute atomic E-state index is 13.2. The van der Waals surface area contributed by atoms with Gasteiger partial charge in [0.1, 0.15) is 28.8 Å². The fourth-order valence-electron chi connectivity index (χ4n) is 5.69. The second kappa shape index (κ2) is 19.2. The van der Waals surface area contributed by atoms with E-state index in [4.69, 9.17) is 23.7 Å². The van der Waals surface area contributed by atoms with Gasteiger partial charge in [-0.1, -0.05) is 17.9 Å². The largest absolute Gasteiger partial charge is 0.494 e.